The zero-order valence-electron chi connectivity index (χ0n) is 15.6. The molecule has 0 saturated carbocycles. The van der Waals surface area contributed by atoms with Crippen LogP contribution in [-0.4, -0.2) is 17.6 Å². The summed E-state index contributed by atoms with van der Waals surface area (Å²) in [7, 11) is 1.36. The molecule has 0 aliphatic rings. The molecule has 0 bridgehead atoms. The van der Waals surface area contributed by atoms with E-state index >= 15 is 0 Å². The molecule has 29 heavy (non-hydrogen) atoms. The lowest BCUT2D eigenvalue weighted by atomic mass is 10.2. The van der Waals surface area contributed by atoms with Gasteiger partial charge in [0.2, 0.25) is 0 Å². The fraction of sp³-hybridized carbons (Fsp3) is 0.0870. The third kappa shape index (κ3) is 4.02. The first kappa shape index (κ1) is 19.6. The average molecular weight is 471 g/mol. The van der Waals surface area contributed by atoms with Crippen molar-refractivity contribution in [1.82, 2.24) is 4.57 Å². The highest BCUT2D eigenvalue weighted by molar-refractivity contribution is 9.10. The highest BCUT2D eigenvalue weighted by atomic mass is 79.9. The molecule has 0 N–H and O–H groups in total. The van der Waals surface area contributed by atoms with Crippen molar-refractivity contribution in [3.8, 4) is 11.5 Å². The number of fused-ring (bicyclic) bond motifs is 1. The minimum absolute atomic E-state index is 0.344. The number of methoxy groups -OCH3 is 1. The van der Waals surface area contributed by atoms with Crippen LogP contribution >= 0.6 is 27.5 Å². The molecule has 1 heterocycles. The summed E-state index contributed by atoms with van der Waals surface area (Å²) in [6.45, 7) is 0.480. The van der Waals surface area contributed by atoms with Crippen molar-refractivity contribution in [3.05, 3.63) is 93.5 Å². The summed E-state index contributed by atoms with van der Waals surface area (Å²) in [6, 6.07) is 22.8. The number of hydrogen-bond acceptors (Lipinski definition) is 3. The van der Waals surface area contributed by atoms with Gasteiger partial charge in [-0.05, 0) is 48.0 Å². The molecule has 0 unspecified atom stereocenters. The first-order chi connectivity index (χ1) is 14.1. The van der Waals surface area contributed by atoms with E-state index in [9.17, 15) is 4.79 Å². The molecule has 0 spiro atoms. The van der Waals surface area contributed by atoms with Crippen LogP contribution in [0.15, 0.2) is 77.3 Å². The average Bonchev–Trinajstić information content (AvgIpc) is 3.02. The lowest BCUT2D eigenvalue weighted by Crippen LogP contribution is -2.12. The Balaban J connectivity index is 1.93. The number of carbonyl (C=O) groups excluding carboxylic acids is 1. The van der Waals surface area contributed by atoms with E-state index in [-0.39, 0.29) is 0 Å². The van der Waals surface area contributed by atoms with Crippen LogP contribution in [0.2, 0.25) is 5.02 Å². The summed E-state index contributed by atoms with van der Waals surface area (Å²) in [6.07, 6.45) is 0. The Labute approximate surface area is 181 Å². The Kier molecular flexibility index (Phi) is 5.60. The third-order valence-corrected chi connectivity index (χ3v) is 5.34. The third-order valence-electron chi connectivity index (χ3n) is 4.57. The van der Waals surface area contributed by atoms with Gasteiger partial charge >= 0.3 is 5.97 Å². The summed E-state index contributed by atoms with van der Waals surface area (Å²) in [5.74, 6) is 0.582. The predicted molar refractivity (Wildman–Crippen MR) is 118 cm³/mol. The standard InChI is InChI=1S/C23H17BrClNO3/c1-28-23(27)21-22(29-18-5-3-2-4-6-18)19-13-17(25)11-12-20(19)26(21)14-15-7-9-16(24)10-8-15/h2-13H,14H2,1H3. The van der Waals surface area contributed by atoms with Crippen LogP contribution in [0, 0.1) is 0 Å². The normalized spacial score (nSPS) is 10.9. The van der Waals surface area contributed by atoms with Crippen LogP contribution in [-0.2, 0) is 11.3 Å². The molecule has 0 radical (unpaired) electrons. The van der Waals surface area contributed by atoms with E-state index in [0.717, 1.165) is 20.9 Å². The van der Waals surface area contributed by atoms with Gasteiger partial charge in [-0.15, -0.1) is 0 Å². The van der Waals surface area contributed by atoms with Crippen molar-refractivity contribution in [2.75, 3.05) is 7.11 Å². The quantitative estimate of drug-likeness (QED) is 0.305. The second kappa shape index (κ2) is 8.31. The Morgan fingerprint density at radius 1 is 1.03 bits per heavy atom. The number of nitrogens with zero attached hydrogens (tertiary/aromatic N) is 1. The van der Waals surface area contributed by atoms with Crippen LogP contribution < -0.4 is 4.74 Å². The number of halogens is 2. The van der Waals surface area contributed by atoms with E-state index in [4.69, 9.17) is 21.1 Å². The number of rotatable bonds is 5. The zero-order valence-corrected chi connectivity index (χ0v) is 17.9. The highest BCUT2D eigenvalue weighted by Crippen LogP contribution is 2.38. The van der Waals surface area contributed by atoms with E-state index in [1.54, 1.807) is 12.1 Å². The zero-order chi connectivity index (χ0) is 20.4. The van der Waals surface area contributed by atoms with Crippen LogP contribution in [0.3, 0.4) is 0 Å². The highest BCUT2D eigenvalue weighted by Gasteiger charge is 2.26. The molecule has 4 aromatic rings. The summed E-state index contributed by atoms with van der Waals surface area (Å²) in [5, 5.41) is 1.31. The number of ether oxygens (including phenoxy) is 2. The fourth-order valence-electron chi connectivity index (χ4n) is 3.24. The van der Waals surface area contributed by atoms with Crippen molar-refractivity contribution in [1.29, 1.82) is 0 Å². The maximum Gasteiger partial charge on any atom is 0.358 e. The number of benzene rings is 3. The lowest BCUT2D eigenvalue weighted by molar-refractivity contribution is 0.0586. The molecule has 0 aliphatic heterocycles. The van der Waals surface area contributed by atoms with Gasteiger partial charge in [0.25, 0.3) is 0 Å². The van der Waals surface area contributed by atoms with E-state index in [1.807, 2.05) is 65.2 Å². The van der Waals surface area contributed by atoms with Gasteiger partial charge in [0, 0.05) is 21.4 Å². The van der Waals surface area contributed by atoms with Crippen molar-refractivity contribution < 1.29 is 14.3 Å². The molecule has 0 aliphatic carbocycles. The molecule has 4 nitrogen and oxygen atoms in total. The summed E-state index contributed by atoms with van der Waals surface area (Å²) >= 11 is 9.71. The maximum atomic E-state index is 12.8. The molecule has 3 aromatic carbocycles. The first-order valence-corrected chi connectivity index (χ1v) is 10.1. The monoisotopic (exact) mass is 469 g/mol. The van der Waals surface area contributed by atoms with E-state index < -0.39 is 5.97 Å². The fourth-order valence-corrected chi connectivity index (χ4v) is 3.68. The minimum Gasteiger partial charge on any atom is -0.464 e. The molecular formula is C23H17BrClNO3. The van der Waals surface area contributed by atoms with E-state index in [0.29, 0.717) is 28.8 Å². The predicted octanol–water partition coefficient (Wildman–Crippen LogP) is 6.68. The van der Waals surface area contributed by atoms with Crippen molar-refractivity contribution in [2.24, 2.45) is 0 Å². The number of para-hydroxylation sites is 1. The van der Waals surface area contributed by atoms with Crippen LogP contribution in [0.5, 0.6) is 11.5 Å². The molecule has 0 saturated heterocycles. The Bertz CT molecular complexity index is 1170. The second-order valence-corrected chi connectivity index (χ2v) is 7.81. The second-order valence-electron chi connectivity index (χ2n) is 6.46. The Hall–Kier alpha value is -2.76. The molecule has 0 atom stereocenters. The first-order valence-electron chi connectivity index (χ1n) is 8.94. The van der Waals surface area contributed by atoms with Crippen LogP contribution in [0.4, 0.5) is 0 Å². The van der Waals surface area contributed by atoms with E-state index in [2.05, 4.69) is 15.9 Å². The van der Waals surface area contributed by atoms with Crippen molar-refractivity contribution in [3.63, 3.8) is 0 Å². The van der Waals surface area contributed by atoms with Crippen LogP contribution in [0.25, 0.3) is 10.9 Å². The van der Waals surface area contributed by atoms with Gasteiger partial charge in [-0.1, -0.05) is 57.9 Å². The van der Waals surface area contributed by atoms with Crippen LogP contribution in [0.1, 0.15) is 16.1 Å². The number of hydrogen-bond donors (Lipinski definition) is 0. The van der Waals surface area contributed by atoms with Gasteiger partial charge in [-0.2, -0.15) is 0 Å². The molecular weight excluding hydrogens is 454 g/mol. The minimum atomic E-state index is -0.472. The SMILES string of the molecule is COC(=O)c1c(Oc2ccccc2)c2cc(Cl)ccc2n1Cc1ccc(Br)cc1. The number of aromatic nitrogens is 1. The summed E-state index contributed by atoms with van der Waals surface area (Å²) in [4.78, 5) is 12.8. The van der Waals surface area contributed by atoms with Gasteiger partial charge in [0.1, 0.15) is 5.75 Å². The smallest absolute Gasteiger partial charge is 0.358 e. The van der Waals surface area contributed by atoms with Gasteiger partial charge in [-0.3, -0.25) is 0 Å². The molecule has 146 valence electrons. The molecule has 1 aromatic heterocycles. The molecule has 0 fully saturated rings. The molecule has 6 heteroatoms. The maximum absolute atomic E-state index is 12.8. The lowest BCUT2D eigenvalue weighted by Gasteiger charge is -2.11. The van der Waals surface area contributed by atoms with Gasteiger partial charge < -0.3 is 14.0 Å². The number of carbonyl (C=O) groups is 1. The molecule has 4 rings (SSSR count). The van der Waals surface area contributed by atoms with E-state index in [1.165, 1.54) is 7.11 Å². The van der Waals surface area contributed by atoms with Gasteiger partial charge in [0.05, 0.1) is 12.6 Å². The Morgan fingerprint density at radius 2 is 1.76 bits per heavy atom. The van der Waals surface area contributed by atoms with Gasteiger partial charge in [0.15, 0.2) is 11.4 Å². The summed E-state index contributed by atoms with van der Waals surface area (Å²) < 4.78 is 14.1. The number of esters is 1. The van der Waals surface area contributed by atoms with Crippen molar-refractivity contribution in [2.45, 2.75) is 6.54 Å². The topological polar surface area (TPSA) is 40.5 Å². The largest absolute Gasteiger partial charge is 0.464 e. The van der Waals surface area contributed by atoms with Crippen molar-refractivity contribution >= 4 is 44.4 Å². The van der Waals surface area contributed by atoms with Gasteiger partial charge in [-0.25, -0.2) is 4.79 Å². The summed E-state index contributed by atoms with van der Waals surface area (Å²) in [5.41, 5.74) is 2.22. The Morgan fingerprint density at radius 3 is 2.45 bits per heavy atom. The molecule has 0 amide bonds.